The van der Waals surface area contributed by atoms with Gasteiger partial charge in [0.2, 0.25) is 5.91 Å². The minimum atomic E-state index is 0.0440. The SMILES string of the molecule is CC=CC(=O)NC1CCCC1(C)C. The van der Waals surface area contributed by atoms with Crippen LogP contribution in [-0.4, -0.2) is 11.9 Å². The molecule has 0 aromatic heterocycles. The third-order valence-corrected chi connectivity index (χ3v) is 2.89. The van der Waals surface area contributed by atoms with Crippen LogP contribution < -0.4 is 5.32 Å². The van der Waals surface area contributed by atoms with Crippen molar-refractivity contribution in [3.8, 4) is 0 Å². The van der Waals surface area contributed by atoms with E-state index in [-0.39, 0.29) is 11.3 Å². The molecule has 1 rings (SSSR count). The van der Waals surface area contributed by atoms with Crippen molar-refractivity contribution in [1.29, 1.82) is 0 Å². The second-order valence-electron chi connectivity index (χ2n) is 4.44. The Morgan fingerprint density at radius 3 is 2.69 bits per heavy atom. The molecule has 1 fully saturated rings. The zero-order valence-corrected chi connectivity index (χ0v) is 8.76. The number of carbonyl (C=O) groups excluding carboxylic acids is 1. The predicted octanol–water partition coefficient (Wildman–Crippen LogP) is 2.26. The van der Waals surface area contributed by atoms with Crippen molar-refractivity contribution in [2.24, 2.45) is 5.41 Å². The Balaban J connectivity index is 2.49. The molecule has 1 atom stereocenters. The maximum absolute atomic E-state index is 11.3. The van der Waals surface area contributed by atoms with E-state index in [9.17, 15) is 4.79 Å². The summed E-state index contributed by atoms with van der Waals surface area (Å²) in [7, 11) is 0. The molecule has 0 aromatic carbocycles. The summed E-state index contributed by atoms with van der Waals surface area (Å²) in [6.45, 7) is 6.31. The van der Waals surface area contributed by atoms with E-state index in [1.165, 1.54) is 12.8 Å². The van der Waals surface area contributed by atoms with Gasteiger partial charge in [0.25, 0.3) is 0 Å². The highest BCUT2D eigenvalue weighted by Gasteiger charge is 2.34. The molecule has 1 saturated carbocycles. The van der Waals surface area contributed by atoms with Crippen molar-refractivity contribution in [3.63, 3.8) is 0 Å². The minimum Gasteiger partial charge on any atom is -0.349 e. The Labute approximate surface area is 80.4 Å². The number of rotatable bonds is 2. The van der Waals surface area contributed by atoms with Crippen LogP contribution in [0.15, 0.2) is 12.2 Å². The van der Waals surface area contributed by atoms with Crippen LogP contribution in [0, 0.1) is 5.41 Å². The Morgan fingerprint density at radius 2 is 2.23 bits per heavy atom. The highest BCUT2D eigenvalue weighted by atomic mass is 16.1. The highest BCUT2D eigenvalue weighted by molar-refractivity contribution is 5.87. The maximum Gasteiger partial charge on any atom is 0.243 e. The van der Waals surface area contributed by atoms with Crippen LogP contribution in [0.2, 0.25) is 0 Å². The molecule has 0 aliphatic heterocycles. The van der Waals surface area contributed by atoms with Gasteiger partial charge in [-0.2, -0.15) is 0 Å². The molecule has 74 valence electrons. The Bertz CT molecular complexity index is 218. The topological polar surface area (TPSA) is 29.1 Å². The molecule has 1 aliphatic carbocycles. The standard InChI is InChI=1S/C11H19NO/c1-4-6-10(13)12-9-7-5-8-11(9,2)3/h4,6,9H,5,7-8H2,1-3H3,(H,12,13). The average molecular weight is 181 g/mol. The lowest BCUT2D eigenvalue weighted by atomic mass is 9.87. The number of amides is 1. The lowest BCUT2D eigenvalue weighted by molar-refractivity contribution is -0.117. The van der Waals surface area contributed by atoms with E-state index < -0.39 is 0 Å². The molecule has 0 spiro atoms. The van der Waals surface area contributed by atoms with Gasteiger partial charge in [0.1, 0.15) is 0 Å². The fourth-order valence-electron chi connectivity index (χ4n) is 1.97. The quantitative estimate of drug-likeness (QED) is 0.650. The molecule has 0 aromatic rings. The molecular formula is C11H19NO. The summed E-state index contributed by atoms with van der Waals surface area (Å²) in [5.74, 6) is 0.0440. The second kappa shape index (κ2) is 3.95. The van der Waals surface area contributed by atoms with Crippen LogP contribution in [0.1, 0.15) is 40.0 Å². The van der Waals surface area contributed by atoms with E-state index in [2.05, 4.69) is 19.2 Å². The lowest BCUT2D eigenvalue weighted by Gasteiger charge is -2.27. The minimum absolute atomic E-state index is 0.0440. The first-order valence-corrected chi connectivity index (χ1v) is 4.99. The van der Waals surface area contributed by atoms with Crippen molar-refractivity contribution < 1.29 is 4.79 Å². The summed E-state index contributed by atoms with van der Waals surface area (Å²) in [5, 5.41) is 3.04. The van der Waals surface area contributed by atoms with Crippen molar-refractivity contribution >= 4 is 5.91 Å². The van der Waals surface area contributed by atoms with Gasteiger partial charge >= 0.3 is 0 Å². The number of carbonyl (C=O) groups is 1. The molecule has 0 heterocycles. The van der Waals surface area contributed by atoms with E-state index in [1.807, 2.05) is 6.92 Å². The summed E-state index contributed by atoms with van der Waals surface area (Å²) in [6.07, 6.45) is 6.93. The predicted molar refractivity (Wildman–Crippen MR) is 54.4 cm³/mol. The molecule has 2 nitrogen and oxygen atoms in total. The Hall–Kier alpha value is -0.790. The van der Waals surface area contributed by atoms with Crippen LogP contribution >= 0.6 is 0 Å². The van der Waals surface area contributed by atoms with Crippen molar-refractivity contribution in [3.05, 3.63) is 12.2 Å². The first-order valence-electron chi connectivity index (χ1n) is 4.99. The molecule has 1 N–H and O–H groups in total. The first kappa shape index (κ1) is 10.3. The van der Waals surface area contributed by atoms with Crippen LogP contribution in [0.3, 0.4) is 0 Å². The smallest absolute Gasteiger partial charge is 0.243 e. The van der Waals surface area contributed by atoms with Crippen molar-refractivity contribution in [2.75, 3.05) is 0 Å². The highest BCUT2D eigenvalue weighted by Crippen LogP contribution is 2.36. The monoisotopic (exact) mass is 181 g/mol. The van der Waals surface area contributed by atoms with Gasteiger partial charge in [-0.1, -0.05) is 26.3 Å². The summed E-state index contributed by atoms with van der Waals surface area (Å²) in [5.41, 5.74) is 0.275. The van der Waals surface area contributed by atoms with Gasteiger partial charge in [0.05, 0.1) is 0 Å². The molecule has 13 heavy (non-hydrogen) atoms. The van der Waals surface area contributed by atoms with Gasteiger partial charge in [0.15, 0.2) is 0 Å². The normalized spacial score (nSPS) is 26.5. The number of nitrogens with one attached hydrogen (secondary N) is 1. The van der Waals surface area contributed by atoms with Crippen LogP contribution in [-0.2, 0) is 4.79 Å². The van der Waals surface area contributed by atoms with E-state index in [0.717, 1.165) is 6.42 Å². The van der Waals surface area contributed by atoms with Gasteiger partial charge in [-0.05, 0) is 31.3 Å². The van der Waals surface area contributed by atoms with Crippen molar-refractivity contribution in [1.82, 2.24) is 5.32 Å². The number of hydrogen-bond donors (Lipinski definition) is 1. The molecule has 1 unspecified atom stereocenters. The van der Waals surface area contributed by atoms with Gasteiger partial charge < -0.3 is 5.32 Å². The summed E-state index contributed by atoms with van der Waals surface area (Å²) >= 11 is 0. The Kier molecular flexibility index (Phi) is 3.12. The largest absolute Gasteiger partial charge is 0.349 e. The molecule has 2 heteroatoms. The summed E-state index contributed by atoms with van der Waals surface area (Å²) in [4.78, 5) is 11.3. The van der Waals surface area contributed by atoms with Gasteiger partial charge in [-0.3, -0.25) is 4.79 Å². The van der Waals surface area contributed by atoms with Crippen LogP contribution in [0.5, 0.6) is 0 Å². The first-order chi connectivity index (χ1) is 6.06. The van der Waals surface area contributed by atoms with Crippen LogP contribution in [0.4, 0.5) is 0 Å². The van der Waals surface area contributed by atoms with Crippen LogP contribution in [0.25, 0.3) is 0 Å². The Morgan fingerprint density at radius 1 is 1.54 bits per heavy atom. The third kappa shape index (κ3) is 2.58. The van der Waals surface area contributed by atoms with E-state index in [4.69, 9.17) is 0 Å². The molecule has 0 radical (unpaired) electrons. The van der Waals surface area contributed by atoms with Crippen molar-refractivity contribution in [2.45, 2.75) is 46.1 Å². The molecule has 0 bridgehead atoms. The number of allylic oxidation sites excluding steroid dienone is 1. The van der Waals surface area contributed by atoms with E-state index in [1.54, 1.807) is 12.2 Å². The maximum atomic E-state index is 11.3. The van der Waals surface area contributed by atoms with E-state index in [0.29, 0.717) is 6.04 Å². The van der Waals surface area contributed by atoms with E-state index >= 15 is 0 Å². The number of hydrogen-bond acceptors (Lipinski definition) is 1. The summed E-state index contributed by atoms with van der Waals surface area (Å²) in [6, 6.07) is 0.358. The second-order valence-corrected chi connectivity index (χ2v) is 4.44. The molecular weight excluding hydrogens is 162 g/mol. The zero-order valence-electron chi connectivity index (χ0n) is 8.76. The van der Waals surface area contributed by atoms with Gasteiger partial charge in [-0.15, -0.1) is 0 Å². The molecule has 1 amide bonds. The molecule has 0 saturated heterocycles. The fraction of sp³-hybridized carbons (Fsp3) is 0.727. The lowest BCUT2D eigenvalue weighted by Crippen LogP contribution is -2.40. The fourth-order valence-corrected chi connectivity index (χ4v) is 1.97. The third-order valence-electron chi connectivity index (χ3n) is 2.89. The average Bonchev–Trinajstić information content (AvgIpc) is 2.31. The zero-order chi connectivity index (χ0) is 9.90. The van der Waals surface area contributed by atoms with Gasteiger partial charge in [-0.25, -0.2) is 0 Å². The molecule has 1 aliphatic rings. The van der Waals surface area contributed by atoms with Gasteiger partial charge in [0, 0.05) is 6.04 Å². The summed E-state index contributed by atoms with van der Waals surface area (Å²) < 4.78 is 0.